The Hall–Kier alpha value is -2.29. The van der Waals surface area contributed by atoms with Crippen molar-refractivity contribution in [3.63, 3.8) is 0 Å². The molecule has 0 saturated heterocycles. The van der Waals surface area contributed by atoms with E-state index in [-0.39, 0.29) is 0 Å². The fraction of sp³-hybridized carbons (Fsp3) is 0.0714. The Kier molecular flexibility index (Phi) is 3.10. The van der Waals surface area contributed by atoms with E-state index < -0.39 is 6.03 Å². The number of carbonyl (C=O) groups excluding carboxylic acids is 1. The van der Waals surface area contributed by atoms with Crippen LogP contribution in [0.25, 0.3) is 11.1 Å². The van der Waals surface area contributed by atoms with E-state index in [0.29, 0.717) is 0 Å². The van der Waals surface area contributed by atoms with Gasteiger partial charge in [-0.05, 0) is 29.7 Å². The number of nitrogens with two attached hydrogens (primary N) is 1. The molecule has 0 atom stereocenters. The second kappa shape index (κ2) is 4.70. The molecule has 0 aliphatic rings. The lowest BCUT2D eigenvalue weighted by Gasteiger charge is -2.11. The van der Waals surface area contributed by atoms with Crippen molar-refractivity contribution in [2.75, 3.05) is 5.32 Å². The molecule has 2 rings (SSSR count). The first-order valence-electron chi connectivity index (χ1n) is 5.40. The van der Waals surface area contributed by atoms with Crippen LogP contribution >= 0.6 is 0 Å². The molecule has 2 amide bonds. The molecule has 0 fully saturated rings. The highest BCUT2D eigenvalue weighted by Gasteiger charge is 2.06. The SMILES string of the molecule is Cc1c(NC(N)=O)cccc1-c1ccccc1. The number of hydrogen-bond donors (Lipinski definition) is 2. The lowest BCUT2D eigenvalue weighted by atomic mass is 9.99. The summed E-state index contributed by atoms with van der Waals surface area (Å²) < 4.78 is 0. The third-order valence-corrected chi connectivity index (χ3v) is 2.68. The summed E-state index contributed by atoms with van der Waals surface area (Å²) in [6.45, 7) is 1.97. The fourth-order valence-electron chi connectivity index (χ4n) is 1.83. The van der Waals surface area contributed by atoms with Gasteiger partial charge in [0.25, 0.3) is 0 Å². The molecule has 3 heteroatoms. The van der Waals surface area contributed by atoms with Gasteiger partial charge in [0.2, 0.25) is 0 Å². The van der Waals surface area contributed by atoms with Crippen LogP contribution in [0.15, 0.2) is 48.5 Å². The smallest absolute Gasteiger partial charge is 0.316 e. The quantitative estimate of drug-likeness (QED) is 0.812. The Morgan fingerprint density at radius 3 is 2.41 bits per heavy atom. The van der Waals surface area contributed by atoms with Gasteiger partial charge in [-0.3, -0.25) is 0 Å². The second-order valence-corrected chi connectivity index (χ2v) is 3.83. The number of carbonyl (C=O) groups is 1. The molecule has 0 aliphatic heterocycles. The molecule has 0 aromatic heterocycles. The van der Waals surface area contributed by atoms with E-state index in [2.05, 4.69) is 5.32 Å². The Balaban J connectivity index is 2.46. The molecule has 3 nitrogen and oxygen atoms in total. The number of primary amides is 1. The normalized spacial score (nSPS) is 9.94. The molecule has 0 radical (unpaired) electrons. The maximum atomic E-state index is 10.9. The summed E-state index contributed by atoms with van der Waals surface area (Å²) in [7, 11) is 0. The second-order valence-electron chi connectivity index (χ2n) is 3.83. The molecule has 2 aromatic rings. The van der Waals surface area contributed by atoms with Crippen LogP contribution < -0.4 is 11.1 Å². The fourth-order valence-corrected chi connectivity index (χ4v) is 1.83. The van der Waals surface area contributed by atoms with Gasteiger partial charge < -0.3 is 11.1 Å². The number of hydrogen-bond acceptors (Lipinski definition) is 1. The van der Waals surface area contributed by atoms with Crippen molar-refractivity contribution in [2.45, 2.75) is 6.92 Å². The van der Waals surface area contributed by atoms with Crippen molar-refractivity contribution in [3.05, 3.63) is 54.1 Å². The van der Waals surface area contributed by atoms with Gasteiger partial charge in [-0.1, -0.05) is 42.5 Å². The first-order chi connectivity index (χ1) is 8.18. The van der Waals surface area contributed by atoms with Crippen LogP contribution in [0.2, 0.25) is 0 Å². The zero-order valence-corrected chi connectivity index (χ0v) is 9.60. The minimum Gasteiger partial charge on any atom is -0.351 e. The molecule has 0 heterocycles. The number of nitrogens with one attached hydrogen (secondary N) is 1. The molecule has 0 aliphatic carbocycles. The highest BCUT2D eigenvalue weighted by atomic mass is 16.2. The average molecular weight is 226 g/mol. The molecule has 0 saturated carbocycles. The largest absolute Gasteiger partial charge is 0.351 e. The average Bonchev–Trinajstić information content (AvgIpc) is 2.32. The van der Waals surface area contributed by atoms with Gasteiger partial charge >= 0.3 is 6.03 Å². The van der Waals surface area contributed by atoms with Crippen LogP contribution in [0, 0.1) is 6.92 Å². The number of anilines is 1. The van der Waals surface area contributed by atoms with Gasteiger partial charge in [0, 0.05) is 5.69 Å². The van der Waals surface area contributed by atoms with Gasteiger partial charge in [-0.25, -0.2) is 4.79 Å². The van der Waals surface area contributed by atoms with Crippen LogP contribution in [-0.2, 0) is 0 Å². The lowest BCUT2D eigenvalue weighted by molar-refractivity contribution is 0.259. The summed E-state index contributed by atoms with van der Waals surface area (Å²) in [4.78, 5) is 10.9. The number of benzene rings is 2. The van der Waals surface area contributed by atoms with Crippen LogP contribution in [0.3, 0.4) is 0 Å². The lowest BCUT2D eigenvalue weighted by Crippen LogP contribution is -2.19. The van der Waals surface area contributed by atoms with E-state index in [1.807, 2.05) is 55.5 Å². The molecule has 3 N–H and O–H groups in total. The molecular weight excluding hydrogens is 212 g/mol. The highest BCUT2D eigenvalue weighted by molar-refractivity contribution is 5.90. The molecule has 86 valence electrons. The van der Waals surface area contributed by atoms with Gasteiger partial charge in [-0.15, -0.1) is 0 Å². The zero-order chi connectivity index (χ0) is 12.3. The van der Waals surface area contributed by atoms with E-state index in [0.717, 1.165) is 22.4 Å². The summed E-state index contributed by atoms with van der Waals surface area (Å²) in [5, 5.41) is 2.62. The van der Waals surface area contributed by atoms with Crippen LogP contribution in [0.5, 0.6) is 0 Å². The minimum atomic E-state index is -0.543. The van der Waals surface area contributed by atoms with E-state index in [9.17, 15) is 4.79 Å². The Morgan fingerprint density at radius 2 is 1.76 bits per heavy atom. The summed E-state index contributed by atoms with van der Waals surface area (Å²) in [6, 6.07) is 15.3. The summed E-state index contributed by atoms with van der Waals surface area (Å²) in [5.41, 5.74) is 9.11. The third-order valence-electron chi connectivity index (χ3n) is 2.68. The Morgan fingerprint density at radius 1 is 1.06 bits per heavy atom. The topological polar surface area (TPSA) is 55.1 Å². The zero-order valence-electron chi connectivity index (χ0n) is 9.60. The van der Waals surface area contributed by atoms with Crippen LogP contribution in [-0.4, -0.2) is 6.03 Å². The van der Waals surface area contributed by atoms with Crippen LogP contribution in [0.4, 0.5) is 10.5 Å². The maximum absolute atomic E-state index is 10.9. The maximum Gasteiger partial charge on any atom is 0.316 e. The Bertz CT molecular complexity index is 535. The number of urea groups is 1. The standard InChI is InChI=1S/C14H14N2O/c1-10-12(11-6-3-2-4-7-11)8-5-9-13(10)16-14(15)17/h2-9H,1H3,(H3,15,16,17). The highest BCUT2D eigenvalue weighted by Crippen LogP contribution is 2.28. The van der Waals surface area contributed by atoms with Crippen molar-refractivity contribution in [2.24, 2.45) is 5.73 Å². The first-order valence-corrected chi connectivity index (χ1v) is 5.40. The summed E-state index contributed by atoms with van der Waals surface area (Å²) in [6.07, 6.45) is 0. The van der Waals surface area contributed by atoms with E-state index in [4.69, 9.17) is 5.73 Å². The number of rotatable bonds is 2. The van der Waals surface area contributed by atoms with E-state index in [1.54, 1.807) is 0 Å². The predicted octanol–water partition coefficient (Wildman–Crippen LogP) is 3.15. The Labute approximate surface area is 100 Å². The molecule has 0 unspecified atom stereocenters. The molecule has 17 heavy (non-hydrogen) atoms. The summed E-state index contributed by atoms with van der Waals surface area (Å²) >= 11 is 0. The van der Waals surface area contributed by atoms with Crippen molar-refractivity contribution < 1.29 is 4.79 Å². The van der Waals surface area contributed by atoms with Gasteiger partial charge in [-0.2, -0.15) is 0 Å². The van der Waals surface area contributed by atoms with Crippen molar-refractivity contribution in [1.82, 2.24) is 0 Å². The predicted molar refractivity (Wildman–Crippen MR) is 69.8 cm³/mol. The van der Waals surface area contributed by atoms with E-state index >= 15 is 0 Å². The summed E-state index contributed by atoms with van der Waals surface area (Å²) in [5.74, 6) is 0. The molecule has 2 aromatic carbocycles. The molecule has 0 bridgehead atoms. The molecule has 0 spiro atoms. The monoisotopic (exact) mass is 226 g/mol. The van der Waals surface area contributed by atoms with Gasteiger partial charge in [0.15, 0.2) is 0 Å². The van der Waals surface area contributed by atoms with Crippen molar-refractivity contribution in [1.29, 1.82) is 0 Å². The van der Waals surface area contributed by atoms with Crippen molar-refractivity contribution in [3.8, 4) is 11.1 Å². The van der Waals surface area contributed by atoms with Crippen molar-refractivity contribution >= 4 is 11.7 Å². The van der Waals surface area contributed by atoms with E-state index in [1.165, 1.54) is 0 Å². The third kappa shape index (κ3) is 2.45. The first kappa shape index (κ1) is 11.2. The van der Waals surface area contributed by atoms with Gasteiger partial charge in [0.1, 0.15) is 0 Å². The van der Waals surface area contributed by atoms with Gasteiger partial charge in [0.05, 0.1) is 0 Å². The molecular formula is C14H14N2O. The number of amides is 2. The van der Waals surface area contributed by atoms with Crippen LogP contribution in [0.1, 0.15) is 5.56 Å². The minimum absolute atomic E-state index is 0.543.